The van der Waals surface area contributed by atoms with Gasteiger partial charge in [0.15, 0.2) is 12.6 Å². The zero-order valence-corrected chi connectivity index (χ0v) is 21.3. The number of benzene rings is 2. The summed E-state index contributed by atoms with van der Waals surface area (Å²) < 4.78 is 11.2. The highest BCUT2D eigenvalue weighted by Crippen LogP contribution is 2.29. The van der Waals surface area contributed by atoms with Crippen molar-refractivity contribution in [3.8, 4) is 0 Å². The van der Waals surface area contributed by atoms with E-state index >= 15 is 0 Å². The van der Waals surface area contributed by atoms with Crippen molar-refractivity contribution in [2.45, 2.75) is 59.6 Å². The summed E-state index contributed by atoms with van der Waals surface area (Å²) in [7, 11) is 0. The fourth-order valence-electron chi connectivity index (χ4n) is 5.12. The number of carbonyl (C=O) groups excluding carboxylic acids is 3. The van der Waals surface area contributed by atoms with E-state index in [4.69, 9.17) is 9.47 Å². The molecule has 7 nitrogen and oxygen atoms in total. The lowest BCUT2D eigenvalue weighted by Gasteiger charge is -2.39. The van der Waals surface area contributed by atoms with Crippen molar-refractivity contribution in [2.24, 2.45) is 0 Å². The molecular formula is C28H37N2O5+. The van der Waals surface area contributed by atoms with Crippen LogP contribution in [0.25, 0.3) is 0 Å². The van der Waals surface area contributed by atoms with Crippen LogP contribution in [0.5, 0.6) is 0 Å². The van der Waals surface area contributed by atoms with E-state index in [-0.39, 0.29) is 31.6 Å². The summed E-state index contributed by atoms with van der Waals surface area (Å²) in [5, 5.41) is 3.02. The number of nitrogens with zero attached hydrogens (tertiary/aromatic N) is 1. The van der Waals surface area contributed by atoms with Crippen molar-refractivity contribution >= 4 is 23.5 Å². The molecule has 188 valence electrons. The third kappa shape index (κ3) is 6.48. The number of hydrogen-bond acceptors (Lipinski definition) is 5. The Balaban J connectivity index is 1.79. The van der Waals surface area contributed by atoms with E-state index in [1.807, 2.05) is 57.2 Å². The molecule has 1 N–H and O–H groups in total. The van der Waals surface area contributed by atoms with Gasteiger partial charge in [-0.05, 0) is 43.5 Å². The van der Waals surface area contributed by atoms with Gasteiger partial charge in [0.2, 0.25) is 0 Å². The molecule has 1 aliphatic heterocycles. The summed E-state index contributed by atoms with van der Waals surface area (Å²) in [6.07, 6.45) is 2.47. The Morgan fingerprint density at radius 2 is 1.69 bits per heavy atom. The minimum Gasteiger partial charge on any atom is -0.462 e. The van der Waals surface area contributed by atoms with Gasteiger partial charge >= 0.3 is 11.9 Å². The number of anilines is 1. The maximum atomic E-state index is 13.6. The lowest BCUT2D eigenvalue weighted by molar-refractivity contribution is -0.924. The zero-order valence-electron chi connectivity index (χ0n) is 21.3. The highest BCUT2D eigenvalue weighted by atomic mass is 16.5. The first-order valence-corrected chi connectivity index (χ1v) is 12.4. The molecule has 0 aliphatic carbocycles. The van der Waals surface area contributed by atoms with Crippen molar-refractivity contribution < 1.29 is 28.3 Å². The largest absolute Gasteiger partial charge is 0.462 e. The fraction of sp³-hybridized carbons (Fsp3) is 0.464. The Morgan fingerprint density at radius 1 is 1.00 bits per heavy atom. The molecule has 0 bridgehead atoms. The van der Waals surface area contributed by atoms with Gasteiger partial charge in [0.05, 0.1) is 30.9 Å². The lowest BCUT2D eigenvalue weighted by Crippen LogP contribution is -2.60. The number of amides is 1. The second-order valence-corrected chi connectivity index (χ2v) is 9.32. The second-order valence-electron chi connectivity index (χ2n) is 9.32. The Hall–Kier alpha value is -3.19. The molecule has 0 radical (unpaired) electrons. The molecule has 1 saturated heterocycles. The second kappa shape index (κ2) is 12.0. The fourth-order valence-corrected chi connectivity index (χ4v) is 5.12. The number of hydrogen-bond donors (Lipinski definition) is 1. The maximum Gasteiger partial charge on any atom is 0.362 e. The van der Waals surface area contributed by atoms with Crippen LogP contribution in [0.3, 0.4) is 0 Å². The van der Waals surface area contributed by atoms with Crippen molar-refractivity contribution in [2.75, 3.05) is 31.6 Å². The molecule has 1 fully saturated rings. The van der Waals surface area contributed by atoms with E-state index < -0.39 is 12.0 Å². The van der Waals surface area contributed by atoms with Crippen LogP contribution < -0.4 is 5.32 Å². The first-order valence-electron chi connectivity index (χ1n) is 12.4. The molecule has 1 unspecified atom stereocenters. The lowest BCUT2D eigenvalue weighted by atomic mass is 10.0. The minimum atomic E-state index is -0.461. The number of nitrogens with one attached hydrogen (secondary N) is 1. The minimum absolute atomic E-state index is 0.149. The quantitative estimate of drug-likeness (QED) is 0.398. The molecular weight excluding hydrogens is 444 g/mol. The van der Waals surface area contributed by atoms with E-state index in [2.05, 4.69) is 5.32 Å². The normalized spacial score (nSPS) is 15.3. The van der Waals surface area contributed by atoms with Crippen LogP contribution in [0.15, 0.2) is 42.5 Å². The molecule has 1 heterocycles. The molecule has 1 aliphatic rings. The Labute approximate surface area is 208 Å². The molecule has 7 heteroatoms. The third-order valence-corrected chi connectivity index (χ3v) is 6.72. The molecule has 0 saturated carbocycles. The van der Waals surface area contributed by atoms with Gasteiger partial charge in [-0.3, -0.25) is 4.79 Å². The molecule has 2 aromatic rings. The van der Waals surface area contributed by atoms with Crippen molar-refractivity contribution in [1.29, 1.82) is 0 Å². The topological polar surface area (TPSA) is 81.7 Å². The summed E-state index contributed by atoms with van der Waals surface area (Å²) in [6, 6.07) is 12.8. The van der Waals surface area contributed by atoms with Crippen LogP contribution in [-0.4, -0.2) is 54.6 Å². The van der Waals surface area contributed by atoms with Gasteiger partial charge in [0, 0.05) is 19.3 Å². The summed E-state index contributed by atoms with van der Waals surface area (Å²) in [5.74, 6) is -0.958. The Morgan fingerprint density at radius 3 is 2.31 bits per heavy atom. The Kier molecular flexibility index (Phi) is 9.04. The number of aryl methyl sites for hydroxylation is 2. The summed E-state index contributed by atoms with van der Waals surface area (Å²) in [6.45, 7) is 9.59. The summed E-state index contributed by atoms with van der Waals surface area (Å²) in [4.78, 5) is 39.1. The SMILES string of the molecule is CCOC(=O)c1cc(C)cc(C)c1NC(=O)C(CC)[N+]1(CC(=O)OCc2ccccc2)CCCC1. The zero-order chi connectivity index (χ0) is 25.4. The maximum absolute atomic E-state index is 13.6. The van der Waals surface area contributed by atoms with E-state index in [9.17, 15) is 14.4 Å². The predicted molar refractivity (Wildman–Crippen MR) is 135 cm³/mol. The van der Waals surface area contributed by atoms with E-state index in [1.165, 1.54) is 0 Å². The van der Waals surface area contributed by atoms with Gasteiger partial charge < -0.3 is 19.3 Å². The van der Waals surface area contributed by atoms with Gasteiger partial charge in [-0.2, -0.15) is 0 Å². The predicted octanol–water partition coefficient (Wildman–Crippen LogP) is 4.55. The molecule has 3 rings (SSSR count). The number of ether oxygens (including phenoxy) is 2. The van der Waals surface area contributed by atoms with Crippen LogP contribution in [0.4, 0.5) is 5.69 Å². The molecule has 1 amide bonds. The van der Waals surface area contributed by atoms with Crippen LogP contribution in [0, 0.1) is 13.8 Å². The third-order valence-electron chi connectivity index (χ3n) is 6.72. The van der Waals surface area contributed by atoms with Crippen LogP contribution >= 0.6 is 0 Å². The summed E-state index contributed by atoms with van der Waals surface area (Å²) >= 11 is 0. The van der Waals surface area contributed by atoms with Crippen LogP contribution in [-0.2, 0) is 25.7 Å². The van der Waals surface area contributed by atoms with Gasteiger partial charge in [-0.25, -0.2) is 9.59 Å². The van der Waals surface area contributed by atoms with Crippen molar-refractivity contribution in [3.63, 3.8) is 0 Å². The average molecular weight is 482 g/mol. The standard InChI is InChI=1S/C28H36N2O5/c1-5-24(27(32)29-26-21(4)16-20(3)17-23(26)28(33)34-6-2)30(14-10-11-15-30)18-25(31)35-19-22-12-8-7-9-13-22/h7-9,12-13,16-17,24H,5-6,10-11,14-15,18-19H2,1-4H3/p+1. The molecule has 1 atom stereocenters. The van der Waals surface area contributed by atoms with Gasteiger partial charge in [0.25, 0.3) is 5.91 Å². The smallest absolute Gasteiger partial charge is 0.362 e. The number of rotatable bonds is 10. The van der Waals surface area contributed by atoms with Gasteiger partial charge in [0.1, 0.15) is 6.61 Å². The number of carbonyl (C=O) groups is 3. The average Bonchev–Trinajstić information content (AvgIpc) is 3.29. The monoisotopic (exact) mass is 481 g/mol. The number of likely N-dealkylation sites (tertiary alicyclic amines) is 1. The molecule has 2 aromatic carbocycles. The van der Waals surface area contributed by atoms with Crippen LogP contribution in [0.2, 0.25) is 0 Å². The van der Waals surface area contributed by atoms with E-state index in [0.29, 0.717) is 22.2 Å². The first-order chi connectivity index (χ1) is 16.8. The van der Waals surface area contributed by atoms with Crippen LogP contribution in [0.1, 0.15) is 60.2 Å². The van der Waals surface area contributed by atoms with E-state index in [1.54, 1.807) is 13.0 Å². The van der Waals surface area contributed by atoms with Crippen molar-refractivity contribution in [3.05, 3.63) is 64.7 Å². The van der Waals surface area contributed by atoms with E-state index in [0.717, 1.165) is 42.6 Å². The first kappa shape index (κ1) is 26.4. The van der Waals surface area contributed by atoms with Gasteiger partial charge in [-0.15, -0.1) is 0 Å². The van der Waals surface area contributed by atoms with Gasteiger partial charge in [-0.1, -0.05) is 43.3 Å². The highest BCUT2D eigenvalue weighted by Gasteiger charge is 2.45. The molecule has 0 spiro atoms. The Bertz CT molecular complexity index is 1040. The molecule has 0 aromatic heterocycles. The van der Waals surface area contributed by atoms with Crippen molar-refractivity contribution in [1.82, 2.24) is 0 Å². The summed E-state index contributed by atoms with van der Waals surface area (Å²) in [5.41, 5.74) is 3.47. The number of quaternary nitrogens is 1. The highest BCUT2D eigenvalue weighted by molar-refractivity contribution is 6.03. The molecule has 35 heavy (non-hydrogen) atoms. The number of esters is 2.